The van der Waals surface area contributed by atoms with Gasteiger partial charge >= 0.3 is 0 Å². The summed E-state index contributed by atoms with van der Waals surface area (Å²) >= 11 is 0. The second-order valence-corrected chi connectivity index (χ2v) is 3.56. The molecule has 2 aliphatic carbocycles. The van der Waals surface area contributed by atoms with E-state index in [2.05, 4.69) is 18.0 Å². The number of nitriles is 1. The summed E-state index contributed by atoms with van der Waals surface area (Å²) in [6.07, 6.45) is 0. The molecule has 2 heteroatoms. The molecule has 4 aliphatic rings. The summed E-state index contributed by atoms with van der Waals surface area (Å²) in [6.45, 7) is 1.18. The Kier molecular flexibility index (Phi) is 0.391. The summed E-state index contributed by atoms with van der Waals surface area (Å²) in [5.74, 6) is 1.57. The van der Waals surface area contributed by atoms with Gasteiger partial charge in [0, 0.05) is 18.5 Å². The molecule has 46 valence electrons. The molecule has 4 fully saturated rings. The van der Waals surface area contributed by atoms with Crippen molar-refractivity contribution in [1.82, 2.24) is 4.90 Å². The van der Waals surface area contributed by atoms with Gasteiger partial charge in [0.1, 0.15) is 0 Å². The predicted octanol–water partition coefficient (Wildman–Crippen LogP) is 0.0700. The van der Waals surface area contributed by atoms with Crippen LogP contribution >= 0.6 is 0 Å². The van der Waals surface area contributed by atoms with Crippen molar-refractivity contribution >= 4 is 0 Å². The Morgan fingerprint density at radius 2 is 2.56 bits per heavy atom. The van der Waals surface area contributed by atoms with Crippen LogP contribution in [0, 0.1) is 28.6 Å². The van der Waals surface area contributed by atoms with Crippen LogP contribution in [0.4, 0.5) is 0 Å². The summed E-state index contributed by atoms with van der Waals surface area (Å²) in [5, 5.41) is 8.73. The van der Waals surface area contributed by atoms with Crippen molar-refractivity contribution in [3.8, 4) is 6.07 Å². The van der Waals surface area contributed by atoms with E-state index < -0.39 is 0 Å². The first kappa shape index (κ1) is 4.29. The molecule has 4 atom stereocenters. The second-order valence-electron chi connectivity index (χ2n) is 3.56. The van der Waals surface area contributed by atoms with E-state index in [9.17, 15) is 0 Å². The Morgan fingerprint density at radius 3 is 2.78 bits per heavy atom. The van der Waals surface area contributed by atoms with Gasteiger partial charge in [0.15, 0.2) is 0 Å². The van der Waals surface area contributed by atoms with Gasteiger partial charge in [-0.3, -0.25) is 0 Å². The average molecular weight is 120 g/mol. The van der Waals surface area contributed by atoms with E-state index in [1.807, 2.05) is 0 Å². The molecule has 9 heavy (non-hydrogen) atoms. The minimum Gasteiger partial charge on any atom is -0.301 e. The standard InChI is InChI=1S/C7H8N2/c1-9-2-4-5-6(9)7(4,5)3-8/h4-6H,2H2,1H3/t4-,5-,6?,7-/m1/s1. The molecular weight excluding hydrogens is 112 g/mol. The van der Waals surface area contributed by atoms with Gasteiger partial charge in [-0.25, -0.2) is 0 Å². The first-order chi connectivity index (χ1) is 4.32. The molecule has 4 rings (SSSR count). The molecule has 0 radical (unpaired) electrons. The van der Waals surface area contributed by atoms with E-state index >= 15 is 0 Å². The second kappa shape index (κ2) is 0.819. The Hall–Kier alpha value is -0.550. The molecular formula is C7H8N2. The van der Waals surface area contributed by atoms with Gasteiger partial charge in [0.05, 0.1) is 11.5 Å². The first-order valence-corrected chi connectivity index (χ1v) is 3.44. The van der Waals surface area contributed by atoms with Crippen molar-refractivity contribution in [2.45, 2.75) is 6.04 Å². The van der Waals surface area contributed by atoms with E-state index in [0.29, 0.717) is 6.04 Å². The van der Waals surface area contributed by atoms with E-state index in [-0.39, 0.29) is 5.41 Å². The fourth-order valence-corrected chi connectivity index (χ4v) is 2.80. The lowest BCUT2D eigenvalue weighted by atomic mass is 10.1. The van der Waals surface area contributed by atoms with Gasteiger partial charge in [-0.05, 0) is 13.0 Å². The molecule has 2 nitrogen and oxygen atoms in total. The van der Waals surface area contributed by atoms with Gasteiger partial charge in [-0.1, -0.05) is 0 Å². The molecule has 0 aromatic carbocycles. The Balaban J connectivity index is 2.05. The Bertz CT molecular complexity index is 224. The molecule has 0 aromatic heterocycles. The molecule has 0 aromatic rings. The molecule has 2 aliphatic heterocycles. The zero-order valence-electron chi connectivity index (χ0n) is 5.33. The zero-order valence-corrected chi connectivity index (χ0v) is 5.33. The van der Waals surface area contributed by atoms with Crippen LogP contribution in [-0.2, 0) is 0 Å². The third kappa shape index (κ3) is 0.210. The van der Waals surface area contributed by atoms with E-state index in [4.69, 9.17) is 5.26 Å². The van der Waals surface area contributed by atoms with Crippen LogP contribution in [0.3, 0.4) is 0 Å². The fraction of sp³-hybridized carbons (Fsp3) is 0.857. The topological polar surface area (TPSA) is 27.0 Å². The molecule has 0 amide bonds. The number of nitrogens with zero attached hydrogens (tertiary/aromatic N) is 2. The number of piperidine rings is 1. The van der Waals surface area contributed by atoms with E-state index in [0.717, 1.165) is 11.8 Å². The Morgan fingerprint density at radius 1 is 1.78 bits per heavy atom. The summed E-state index contributed by atoms with van der Waals surface area (Å²) in [6, 6.07) is 3.11. The lowest BCUT2D eigenvalue weighted by Gasteiger charge is -2.03. The van der Waals surface area contributed by atoms with Gasteiger partial charge < -0.3 is 4.90 Å². The van der Waals surface area contributed by atoms with Crippen molar-refractivity contribution in [3.05, 3.63) is 0 Å². The molecule has 2 saturated carbocycles. The van der Waals surface area contributed by atoms with Crippen LogP contribution in [0.1, 0.15) is 0 Å². The largest absolute Gasteiger partial charge is 0.301 e. The monoisotopic (exact) mass is 120 g/mol. The average Bonchev–Trinajstić information content (AvgIpc) is 2.60. The Labute approximate surface area is 54.1 Å². The lowest BCUT2D eigenvalue weighted by Crippen LogP contribution is -2.15. The van der Waals surface area contributed by atoms with Crippen molar-refractivity contribution in [2.24, 2.45) is 17.3 Å². The smallest absolute Gasteiger partial charge is 0.0823 e. The van der Waals surface area contributed by atoms with Crippen LogP contribution in [0.25, 0.3) is 0 Å². The number of hydrogen-bond donors (Lipinski definition) is 0. The summed E-state index contributed by atoms with van der Waals surface area (Å²) in [5.41, 5.74) is 0.189. The maximum absolute atomic E-state index is 8.73. The van der Waals surface area contributed by atoms with Crippen molar-refractivity contribution < 1.29 is 0 Å². The number of fused-ring (bicyclic) bond motifs is 1. The quantitative estimate of drug-likeness (QED) is 0.452. The third-order valence-corrected chi connectivity index (χ3v) is 3.36. The summed E-state index contributed by atoms with van der Waals surface area (Å²) in [7, 11) is 2.13. The highest BCUT2D eigenvalue weighted by Crippen LogP contribution is 2.84. The van der Waals surface area contributed by atoms with Crippen molar-refractivity contribution in [1.29, 1.82) is 5.26 Å². The van der Waals surface area contributed by atoms with Crippen molar-refractivity contribution in [2.75, 3.05) is 13.6 Å². The fourth-order valence-electron chi connectivity index (χ4n) is 2.80. The van der Waals surface area contributed by atoms with Crippen molar-refractivity contribution in [3.63, 3.8) is 0 Å². The van der Waals surface area contributed by atoms with Crippen LogP contribution < -0.4 is 0 Å². The van der Waals surface area contributed by atoms with E-state index in [1.54, 1.807) is 0 Å². The highest BCUT2D eigenvalue weighted by molar-refractivity contribution is 5.48. The highest BCUT2D eigenvalue weighted by atomic mass is 15.3. The van der Waals surface area contributed by atoms with Gasteiger partial charge in [0.25, 0.3) is 0 Å². The normalized spacial score (nSPS) is 66.9. The third-order valence-electron chi connectivity index (χ3n) is 3.36. The number of rotatable bonds is 0. The van der Waals surface area contributed by atoms with Gasteiger partial charge in [0.2, 0.25) is 0 Å². The SMILES string of the molecule is CN1C[C@@H]2[C@@H]3C1[C@]23C#N. The first-order valence-electron chi connectivity index (χ1n) is 3.44. The van der Waals surface area contributed by atoms with Crippen LogP contribution in [0.5, 0.6) is 0 Å². The van der Waals surface area contributed by atoms with Crippen LogP contribution in [-0.4, -0.2) is 24.5 Å². The zero-order chi connectivity index (χ0) is 6.22. The van der Waals surface area contributed by atoms with E-state index in [1.165, 1.54) is 6.54 Å². The van der Waals surface area contributed by atoms with Gasteiger partial charge in [-0.2, -0.15) is 5.26 Å². The van der Waals surface area contributed by atoms with Gasteiger partial charge in [-0.15, -0.1) is 0 Å². The number of hydrogen-bond acceptors (Lipinski definition) is 2. The van der Waals surface area contributed by atoms with Crippen LogP contribution in [0.15, 0.2) is 0 Å². The molecule has 0 spiro atoms. The minimum absolute atomic E-state index is 0.189. The molecule has 2 heterocycles. The maximum Gasteiger partial charge on any atom is 0.0823 e. The predicted molar refractivity (Wildman–Crippen MR) is 31.4 cm³/mol. The summed E-state index contributed by atoms with van der Waals surface area (Å²) < 4.78 is 0. The molecule has 0 N–H and O–H groups in total. The minimum atomic E-state index is 0.189. The molecule has 2 bridgehead atoms. The summed E-state index contributed by atoms with van der Waals surface area (Å²) in [4.78, 5) is 2.33. The highest BCUT2D eigenvalue weighted by Gasteiger charge is 2.92. The lowest BCUT2D eigenvalue weighted by molar-refractivity contribution is 0.387. The van der Waals surface area contributed by atoms with Crippen LogP contribution in [0.2, 0.25) is 0 Å². The maximum atomic E-state index is 8.73. The molecule has 1 unspecified atom stereocenters. The molecule has 2 saturated heterocycles.